The van der Waals surface area contributed by atoms with E-state index in [1.165, 1.54) is 18.1 Å². The summed E-state index contributed by atoms with van der Waals surface area (Å²) in [5, 5.41) is 4.64. The lowest BCUT2D eigenvalue weighted by molar-refractivity contribution is 0.173. The van der Waals surface area contributed by atoms with Gasteiger partial charge in [-0.3, -0.25) is 4.90 Å². The topological polar surface area (TPSA) is 21.1 Å². The van der Waals surface area contributed by atoms with Crippen molar-refractivity contribution in [3.63, 3.8) is 0 Å². The van der Waals surface area contributed by atoms with Gasteiger partial charge in [-0.25, -0.2) is 9.07 Å². The fourth-order valence-electron chi connectivity index (χ4n) is 3.84. The normalized spacial score (nSPS) is 14.0. The number of halogens is 1. The van der Waals surface area contributed by atoms with Gasteiger partial charge in [0.05, 0.1) is 17.6 Å². The van der Waals surface area contributed by atoms with Crippen LogP contribution in [0.15, 0.2) is 85.1 Å². The summed E-state index contributed by atoms with van der Waals surface area (Å²) in [5.41, 5.74) is 5.73. The second-order valence-corrected chi connectivity index (χ2v) is 7.45. The summed E-state index contributed by atoms with van der Waals surface area (Å²) < 4.78 is 16.6. The highest BCUT2D eigenvalue weighted by Gasteiger charge is 2.21. The molecule has 1 saturated heterocycles. The molecule has 0 amide bonds. The minimum absolute atomic E-state index is 0.222. The first-order valence-corrected chi connectivity index (χ1v) is 9.99. The molecule has 0 bridgehead atoms. The summed E-state index contributed by atoms with van der Waals surface area (Å²) >= 11 is 0. The third kappa shape index (κ3) is 3.47. The van der Waals surface area contributed by atoms with Gasteiger partial charge >= 0.3 is 0 Å². The van der Waals surface area contributed by atoms with Crippen molar-refractivity contribution in [1.29, 1.82) is 0 Å². The number of aromatic nitrogens is 2. The van der Waals surface area contributed by atoms with Crippen LogP contribution >= 0.6 is 0 Å². The Morgan fingerprint density at radius 1 is 0.793 bits per heavy atom. The summed E-state index contributed by atoms with van der Waals surface area (Å²) in [5.74, 6) is -0.222. The van der Waals surface area contributed by atoms with Gasteiger partial charge in [-0.05, 0) is 54.9 Å². The molecule has 0 unspecified atom stereocenters. The highest BCUT2D eigenvalue weighted by Crippen LogP contribution is 2.31. The van der Waals surface area contributed by atoms with Crippen LogP contribution in [0.4, 0.5) is 4.39 Å². The molecule has 1 fully saturated rings. The predicted octanol–water partition coefficient (Wildman–Crippen LogP) is 5.55. The minimum atomic E-state index is -0.222. The first kappa shape index (κ1) is 17.8. The van der Waals surface area contributed by atoms with Crippen LogP contribution in [0.1, 0.15) is 12.0 Å². The van der Waals surface area contributed by atoms with E-state index in [1.807, 2.05) is 53.3 Å². The van der Waals surface area contributed by atoms with E-state index in [2.05, 4.69) is 34.3 Å². The maximum absolute atomic E-state index is 14.7. The van der Waals surface area contributed by atoms with Crippen molar-refractivity contribution in [1.82, 2.24) is 14.7 Å². The molecule has 0 radical (unpaired) electrons. The molecule has 1 aliphatic rings. The third-order valence-electron chi connectivity index (χ3n) is 5.54. The van der Waals surface area contributed by atoms with Gasteiger partial charge in [0.2, 0.25) is 0 Å². The molecule has 0 aliphatic carbocycles. The lowest BCUT2D eigenvalue weighted by Gasteiger charge is -2.30. The zero-order valence-electron chi connectivity index (χ0n) is 16.1. The average Bonchev–Trinajstić information content (AvgIpc) is 3.15. The SMILES string of the molecule is Fc1ccccc1-c1c(CN2CCC2)cnn1-c1ccc(-c2ccccc2)cc1. The number of nitrogens with zero attached hydrogens (tertiary/aromatic N) is 3. The number of benzene rings is 3. The van der Waals surface area contributed by atoms with E-state index in [0.29, 0.717) is 5.56 Å². The van der Waals surface area contributed by atoms with Gasteiger partial charge in [0.1, 0.15) is 5.82 Å². The zero-order chi connectivity index (χ0) is 19.6. The molecular weight excluding hydrogens is 361 g/mol. The maximum atomic E-state index is 14.7. The summed E-state index contributed by atoms with van der Waals surface area (Å²) in [6.07, 6.45) is 3.11. The van der Waals surface area contributed by atoms with Crippen LogP contribution < -0.4 is 0 Å². The number of likely N-dealkylation sites (tertiary alicyclic amines) is 1. The Bertz CT molecular complexity index is 1110. The Hall–Kier alpha value is -3.24. The second-order valence-electron chi connectivity index (χ2n) is 7.45. The molecule has 0 N–H and O–H groups in total. The first-order chi connectivity index (χ1) is 14.3. The van der Waals surface area contributed by atoms with Crippen LogP contribution in [0.5, 0.6) is 0 Å². The van der Waals surface area contributed by atoms with Gasteiger partial charge in [0, 0.05) is 17.7 Å². The van der Waals surface area contributed by atoms with Crippen LogP contribution in [-0.4, -0.2) is 27.8 Å². The molecule has 4 aromatic rings. The van der Waals surface area contributed by atoms with Crippen LogP contribution in [0.2, 0.25) is 0 Å². The van der Waals surface area contributed by atoms with Crippen molar-refractivity contribution < 1.29 is 4.39 Å². The Morgan fingerprint density at radius 2 is 1.48 bits per heavy atom. The quantitative estimate of drug-likeness (QED) is 0.450. The van der Waals surface area contributed by atoms with Crippen molar-refractivity contribution in [2.75, 3.05) is 13.1 Å². The molecule has 0 spiro atoms. The van der Waals surface area contributed by atoms with Crippen molar-refractivity contribution in [2.45, 2.75) is 13.0 Å². The Kier molecular flexibility index (Phi) is 4.70. The third-order valence-corrected chi connectivity index (χ3v) is 5.54. The molecule has 4 heteroatoms. The number of rotatable bonds is 5. The highest BCUT2D eigenvalue weighted by atomic mass is 19.1. The molecule has 5 rings (SSSR count). The van der Waals surface area contributed by atoms with E-state index in [9.17, 15) is 4.39 Å². The standard InChI is InChI=1S/C25H22FN3/c26-24-10-5-4-9-23(24)25-21(18-28-15-6-16-28)17-27-29(25)22-13-11-20(12-14-22)19-7-2-1-3-8-19/h1-5,7-14,17H,6,15-16,18H2. The van der Waals surface area contributed by atoms with Gasteiger partial charge in [0.15, 0.2) is 0 Å². The molecule has 144 valence electrons. The maximum Gasteiger partial charge on any atom is 0.132 e. The molecular formula is C25H22FN3. The van der Waals surface area contributed by atoms with Gasteiger partial charge in [0.25, 0.3) is 0 Å². The fourth-order valence-corrected chi connectivity index (χ4v) is 3.84. The lowest BCUT2D eigenvalue weighted by atomic mass is 10.0. The van der Waals surface area contributed by atoms with Gasteiger partial charge in [-0.2, -0.15) is 5.10 Å². The second kappa shape index (κ2) is 7.64. The molecule has 1 aliphatic heterocycles. The van der Waals surface area contributed by atoms with Gasteiger partial charge < -0.3 is 0 Å². The minimum Gasteiger partial charge on any atom is -0.299 e. The van der Waals surface area contributed by atoms with Crippen LogP contribution in [0.3, 0.4) is 0 Å². The van der Waals surface area contributed by atoms with E-state index in [0.717, 1.165) is 42.1 Å². The van der Waals surface area contributed by atoms with E-state index < -0.39 is 0 Å². The molecule has 3 nitrogen and oxygen atoms in total. The van der Waals surface area contributed by atoms with Crippen LogP contribution in [-0.2, 0) is 6.54 Å². The van der Waals surface area contributed by atoms with Crippen molar-refractivity contribution >= 4 is 0 Å². The largest absolute Gasteiger partial charge is 0.299 e. The van der Waals surface area contributed by atoms with Gasteiger partial charge in [-0.1, -0.05) is 54.6 Å². The summed E-state index contributed by atoms with van der Waals surface area (Å²) in [4.78, 5) is 2.37. The number of hydrogen-bond donors (Lipinski definition) is 0. The van der Waals surface area contributed by atoms with Crippen molar-refractivity contribution in [3.8, 4) is 28.1 Å². The summed E-state index contributed by atoms with van der Waals surface area (Å²) in [6, 6.07) is 25.5. The van der Waals surface area contributed by atoms with E-state index in [-0.39, 0.29) is 5.82 Å². The van der Waals surface area contributed by atoms with E-state index >= 15 is 0 Å². The van der Waals surface area contributed by atoms with E-state index in [1.54, 1.807) is 6.07 Å². The fraction of sp³-hybridized carbons (Fsp3) is 0.160. The Morgan fingerprint density at radius 3 is 2.17 bits per heavy atom. The van der Waals surface area contributed by atoms with Gasteiger partial charge in [-0.15, -0.1) is 0 Å². The highest BCUT2D eigenvalue weighted by molar-refractivity contribution is 5.68. The molecule has 0 atom stereocenters. The van der Waals surface area contributed by atoms with Crippen LogP contribution in [0, 0.1) is 5.82 Å². The van der Waals surface area contributed by atoms with Crippen molar-refractivity contribution in [2.24, 2.45) is 0 Å². The van der Waals surface area contributed by atoms with Crippen LogP contribution in [0.25, 0.3) is 28.1 Å². The Labute approximate surface area is 170 Å². The lowest BCUT2D eigenvalue weighted by Crippen LogP contribution is -2.36. The van der Waals surface area contributed by atoms with E-state index in [4.69, 9.17) is 0 Å². The molecule has 3 aromatic carbocycles. The zero-order valence-corrected chi connectivity index (χ0v) is 16.1. The predicted molar refractivity (Wildman–Crippen MR) is 114 cm³/mol. The average molecular weight is 383 g/mol. The Balaban J connectivity index is 1.57. The molecule has 2 heterocycles. The molecule has 1 aromatic heterocycles. The molecule has 29 heavy (non-hydrogen) atoms. The molecule has 0 saturated carbocycles. The van der Waals surface area contributed by atoms with Crippen molar-refractivity contribution in [3.05, 3.63) is 96.4 Å². The number of hydrogen-bond acceptors (Lipinski definition) is 2. The monoisotopic (exact) mass is 383 g/mol. The summed E-state index contributed by atoms with van der Waals surface area (Å²) in [6.45, 7) is 2.98. The summed E-state index contributed by atoms with van der Waals surface area (Å²) in [7, 11) is 0. The first-order valence-electron chi connectivity index (χ1n) is 9.99. The smallest absolute Gasteiger partial charge is 0.132 e.